The Bertz CT molecular complexity index is 697. The van der Waals surface area contributed by atoms with Crippen LogP contribution in [0.4, 0.5) is 13.2 Å². The molecule has 0 bridgehead atoms. The molecule has 2 fully saturated rings. The van der Waals surface area contributed by atoms with Gasteiger partial charge in [-0.15, -0.1) is 13.2 Å². The lowest BCUT2D eigenvalue weighted by molar-refractivity contribution is -0.274. The number of halogens is 3. The van der Waals surface area contributed by atoms with E-state index in [2.05, 4.69) is 4.74 Å². The van der Waals surface area contributed by atoms with Crippen LogP contribution in [-0.2, 0) is 16.0 Å². The van der Waals surface area contributed by atoms with E-state index in [9.17, 15) is 22.8 Å². The van der Waals surface area contributed by atoms with E-state index < -0.39 is 6.36 Å². The van der Waals surface area contributed by atoms with Crippen molar-refractivity contribution in [1.29, 1.82) is 0 Å². The highest BCUT2D eigenvalue weighted by molar-refractivity contribution is 5.88. The summed E-state index contributed by atoms with van der Waals surface area (Å²) < 4.78 is 40.6. The maximum atomic E-state index is 13.0. The van der Waals surface area contributed by atoms with Gasteiger partial charge in [0, 0.05) is 13.6 Å². The van der Waals surface area contributed by atoms with Gasteiger partial charge in [-0.3, -0.25) is 9.59 Å². The molecule has 1 saturated carbocycles. The minimum atomic E-state index is -4.75. The summed E-state index contributed by atoms with van der Waals surface area (Å²) in [6.45, 7) is 0.598. The largest absolute Gasteiger partial charge is 0.573 e. The lowest BCUT2D eigenvalue weighted by Crippen LogP contribution is -2.65. The van der Waals surface area contributed by atoms with Crippen molar-refractivity contribution in [3.63, 3.8) is 0 Å². The highest BCUT2D eigenvalue weighted by Crippen LogP contribution is 2.37. The van der Waals surface area contributed by atoms with Gasteiger partial charge in [-0.1, -0.05) is 31.4 Å². The minimum absolute atomic E-state index is 0.0467. The van der Waals surface area contributed by atoms with Crippen molar-refractivity contribution in [3.05, 3.63) is 29.8 Å². The predicted molar refractivity (Wildman–Crippen MR) is 92.0 cm³/mol. The zero-order valence-electron chi connectivity index (χ0n) is 15.2. The Kier molecular flexibility index (Phi) is 5.35. The first-order valence-electron chi connectivity index (χ1n) is 9.08. The maximum Gasteiger partial charge on any atom is 0.573 e. The smallest absolute Gasteiger partial charge is 0.406 e. The first kappa shape index (κ1) is 19.5. The number of hydrogen-bond acceptors (Lipinski definition) is 3. The van der Waals surface area contributed by atoms with Gasteiger partial charge in [-0.2, -0.15) is 0 Å². The number of ether oxygens (including phenoxy) is 1. The van der Waals surface area contributed by atoms with Gasteiger partial charge in [-0.05, 0) is 30.5 Å². The van der Waals surface area contributed by atoms with E-state index in [0.29, 0.717) is 12.1 Å². The van der Waals surface area contributed by atoms with Crippen LogP contribution in [0.3, 0.4) is 0 Å². The van der Waals surface area contributed by atoms with Gasteiger partial charge in [-0.25, -0.2) is 0 Å². The van der Waals surface area contributed by atoms with Crippen LogP contribution >= 0.6 is 0 Å². The zero-order chi connectivity index (χ0) is 19.7. The fourth-order valence-electron chi connectivity index (χ4n) is 4.11. The Morgan fingerprint density at radius 3 is 2.37 bits per heavy atom. The number of rotatable bonds is 3. The van der Waals surface area contributed by atoms with Crippen molar-refractivity contribution in [2.24, 2.45) is 0 Å². The summed E-state index contributed by atoms with van der Waals surface area (Å²) in [6.07, 6.45) is 0.214. The van der Waals surface area contributed by atoms with Crippen LogP contribution in [0.15, 0.2) is 24.3 Å². The Hall–Kier alpha value is -2.25. The zero-order valence-corrected chi connectivity index (χ0v) is 15.2. The second-order valence-electron chi connectivity index (χ2n) is 7.38. The molecule has 0 unspecified atom stereocenters. The molecular formula is C19H23F3N2O3. The second kappa shape index (κ2) is 7.40. The fourth-order valence-corrected chi connectivity index (χ4v) is 4.11. The first-order valence-corrected chi connectivity index (χ1v) is 9.08. The Balaban J connectivity index is 1.72. The Morgan fingerprint density at radius 1 is 1.15 bits per heavy atom. The van der Waals surface area contributed by atoms with E-state index in [1.807, 2.05) is 0 Å². The fraction of sp³-hybridized carbons (Fsp3) is 0.579. The number of carbonyl (C=O) groups is 2. The molecule has 0 aromatic heterocycles. The lowest BCUT2D eigenvalue weighted by atomic mass is 9.78. The summed E-state index contributed by atoms with van der Waals surface area (Å²) >= 11 is 0. The van der Waals surface area contributed by atoms with Gasteiger partial charge >= 0.3 is 6.36 Å². The topological polar surface area (TPSA) is 49.9 Å². The monoisotopic (exact) mass is 384 g/mol. The molecule has 1 aromatic rings. The summed E-state index contributed by atoms with van der Waals surface area (Å²) in [5, 5.41) is 0. The summed E-state index contributed by atoms with van der Waals surface area (Å²) in [5.74, 6) is -0.575. The standard InChI is InChI=1S/C19H23F3N2O3/c1-23-13-18(9-3-2-4-10-18)24(12-17(23)26)16(25)11-14-5-7-15(8-6-14)27-19(20,21)22/h5-8H,2-4,9-13H2,1H3. The molecule has 1 aliphatic heterocycles. The third-order valence-corrected chi connectivity index (χ3v) is 5.42. The van der Waals surface area contributed by atoms with Gasteiger partial charge in [0.15, 0.2) is 0 Å². The molecule has 27 heavy (non-hydrogen) atoms. The molecule has 1 aromatic carbocycles. The van der Waals surface area contributed by atoms with Crippen LogP contribution in [0.25, 0.3) is 0 Å². The van der Waals surface area contributed by atoms with Gasteiger partial charge in [0.25, 0.3) is 0 Å². The molecule has 2 aliphatic rings. The average Bonchev–Trinajstić information content (AvgIpc) is 2.59. The summed E-state index contributed by atoms with van der Waals surface area (Å²) in [5.41, 5.74) is 0.268. The highest BCUT2D eigenvalue weighted by Gasteiger charge is 2.46. The van der Waals surface area contributed by atoms with Crippen LogP contribution in [0.2, 0.25) is 0 Å². The van der Waals surface area contributed by atoms with Crippen LogP contribution < -0.4 is 4.74 Å². The number of alkyl halides is 3. The van der Waals surface area contributed by atoms with Crippen molar-refractivity contribution in [3.8, 4) is 5.75 Å². The van der Waals surface area contributed by atoms with Crippen molar-refractivity contribution in [2.45, 2.75) is 50.4 Å². The van der Waals surface area contributed by atoms with Gasteiger partial charge in [0.2, 0.25) is 11.8 Å². The highest BCUT2D eigenvalue weighted by atomic mass is 19.4. The second-order valence-corrected chi connectivity index (χ2v) is 7.38. The summed E-state index contributed by atoms with van der Waals surface area (Å²) in [6, 6.07) is 5.29. The number of piperazine rings is 1. The molecule has 1 aliphatic carbocycles. The SMILES string of the molecule is CN1CC2(CCCCC2)N(C(=O)Cc2ccc(OC(F)(F)F)cc2)CC1=O. The van der Waals surface area contributed by atoms with E-state index in [1.165, 1.54) is 24.3 Å². The average molecular weight is 384 g/mol. The minimum Gasteiger partial charge on any atom is -0.406 e. The molecular weight excluding hydrogens is 361 g/mol. The molecule has 0 radical (unpaired) electrons. The van der Waals surface area contributed by atoms with E-state index in [-0.39, 0.29) is 36.1 Å². The molecule has 0 N–H and O–H groups in total. The molecule has 2 amide bonds. The molecule has 148 valence electrons. The molecule has 5 nitrogen and oxygen atoms in total. The quantitative estimate of drug-likeness (QED) is 0.805. The molecule has 1 heterocycles. The van der Waals surface area contributed by atoms with Crippen LogP contribution in [0, 0.1) is 0 Å². The van der Waals surface area contributed by atoms with Gasteiger partial charge in [0.05, 0.1) is 12.0 Å². The summed E-state index contributed by atoms with van der Waals surface area (Å²) in [7, 11) is 1.76. The first-order chi connectivity index (χ1) is 12.7. The van der Waals surface area contributed by atoms with Crippen molar-refractivity contribution >= 4 is 11.8 Å². The number of amides is 2. The van der Waals surface area contributed by atoms with Crippen molar-refractivity contribution < 1.29 is 27.5 Å². The molecule has 3 rings (SSSR count). The third kappa shape index (κ3) is 4.54. The van der Waals surface area contributed by atoms with E-state index >= 15 is 0 Å². The third-order valence-electron chi connectivity index (χ3n) is 5.42. The number of nitrogens with zero attached hydrogens (tertiary/aromatic N) is 2. The van der Waals surface area contributed by atoms with Gasteiger partial charge in [0.1, 0.15) is 12.3 Å². The van der Waals surface area contributed by atoms with Crippen LogP contribution in [0.5, 0.6) is 5.75 Å². The molecule has 8 heteroatoms. The number of likely N-dealkylation sites (N-methyl/N-ethyl adjacent to an activating group) is 1. The molecule has 1 saturated heterocycles. The normalized spacial score (nSPS) is 20.1. The van der Waals surface area contributed by atoms with E-state index in [4.69, 9.17) is 0 Å². The van der Waals surface area contributed by atoms with E-state index in [0.717, 1.165) is 32.1 Å². The Labute approximate surface area is 156 Å². The number of benzene rings is 1. The van der Waals surface area contributed by atoms with Crippen molar-refractivity contribution in [2.75, 3.05) is 20.1 Å². The number of hydrogen-bond donors (Lipinski definition) is 0. The predicted octanol–water partition coefficient (Wildman–Crippen LogP) is 3.13. The van der Waals surface area contributed by atoms with Crippen LogP contribution in [-0.4, -0.2) is 53.7 Å². The maximum absolute atomic E-state index is 13.0. The Morgan fingerprint density at radius 2 is 1.78 bits per heavy atom. The van der Waals surface area contributed by atoms with Crippen molar-refractivity contribution in [1.82, 2.24) is 9.80 Å². The van der Waals surface area contributed by atoms with E-state index in [1.54, 1.807) is 16.8 Å². The molecule has 0 atom stereocenters. The summed E-state index contributed by atoms with van der Waals surface area (Å²) in [4.78, 5) is 28.5. The number of carbonyl (C=O) groups excluding carboxylic acids is 2. The van der Waals surface area contributed by atoms with Gasteiger partial charge < -0.3 is 14.5 Å². The lowest BCUT2D eigenvalue weighted by Gasteiger charge is -2.51. The van der Waals surface area contributed by atoms with Crippen LogP contribution in [0.1, 0.15) is 37.7 Å². The molecule has 1 spiro atoms.